The Hall–Kier alpha value is -1.03. The molecule has 0 bridgehead atoms. The Kier molecular flexibility index (Phi) is 3.31. The zero-order chi connectivity index (χ0) is 9.84. The molecule has 3 nitrogen and oxygen atoms in total. The molecule has 1 heterocycles. The molecule has 0 amide bonds. The van der Waals surface area contributed by atoms with Crippen LogP contribution in [0.4, 0.5) is 0 Å². The van der Waals surface area contributed by atoms with E-state index in [2.05, 4.69) is 15.9 Å². The van der Waals surface area contributed by atoms with Crippen molar-refractivity contribution in [3.8, 4) is 0 Å². The Bertz CT molecular complexity index is 328. The van der Waals surface area contributed by atoms with Gasteiger partial charge in [-0.2, -0.15) is 0 Å². The molecule has 0 atom stereocenters. The fourth-order valence-corrected chi connectivity index (χ4v) is 1.05. The molecule has 0 unspecified atom stereocenters. The predicted octanol–water partition coefficient (Wildman–Crippen LogP) is 2.30. The van der Waals surface area contributed by atoms with Crippen molar-refractivity contribution in [3.63, 3.8) is 0 Å². The molecule has 1 rings (SSSR count). The lowest BCUT2D eigenvalue weighted by Gasteiger charge is -2.01. The molecule has 0 aromatic carbocycles. The molecular weight excluding hydrogens is 234 g/mol. The predicted molar refractivity (Wildman–Crippen MR) is 53.6 cm³/mol. The van der Waals surface area contributed by atoms with E-state index in [-0.39, 0.29) is 5.78 Å². The van der Waals surface area contributed by atoms with Gasteiger partial charge in [-0.1, -0.05) is 0 Å². The van der Waals surface area contributed by atoms with Gasteiger partial charge in [-0.3, -0.25) is 4.79 Å². The van der Waals surface area contributed by atoms with Crippen LogP contribution in [0.1, 0.15) is 10.6 Å². The molecule has 1 aromatic rings. The Morgan fingerprint density at radius 1 is 1.54 bits per heavy atom. The number of hydrogen-bond acceptors (Lipinski definition) is 3. The maximum Gasteiger partial charge on any atom is 0.222 e. The largest absolute Gasteiger partial charge is 0.446 e. The normalized spacial score (nSPS) is 10.7. The quantitative estimate of drug-likeness (QED) is 0.604. The summed E-state index contributed by atoms with van der Waals surface area (Å²) >= 11 is 3.13. The molecule has 0 N–H and O–H groups in total. The first-order chi connectivity index (χ1) is 6.09. The highest BCUT2D eigenvalue weighted by Gasteiger charge is 2.06. The summed E-state index contributed by atoms with van der Waals surface area (Å²) in [5, 5.41) is 0. The van der Waals surface area contributed by atoms with E-state index in [0.29, 0.717) is 10.4 Å². The van der Waals surface area contributed by atoms with Crippen molar-refractivity contribution >= 4 is 21.7 Å². The number of allylic oxidation sites excluding steroid dienone is 1. The number of nitrogens with zero attached hydrogens (tertiary/aromatic N) is 1. The summed E-state index contributed by atoms with van der Waals surface area (Å²) in [6, 6.07) is 3.32. The van der Waals surface area contributed by atoms with Crippen LogP contribution in [0, 0.1) is 0 Å². The molecule has 1 aromatic heterocycles. The van der Waals surface area contributed by atoms with E-state index in [0.717, 1.165) is 0 Å². The number of ketones is 1. The van der Waals surface area contributed by atoms with Gasteiger partial charge in [0.05, 0.1) is 0 Å². The molecule has 13 heavy (non-hydrogen) atoms. The van der Waals surface area contributed by atoms with E-state index in [1.165, 1.54) is 6.08 Å². The van der Waals surface area contributed by atoms with Crippen molar-refractivity contribution in [2.45, 2.75) is 0 Å². The van der Waals surface area contributed by atoms with Gasteiger partial charge < -0.3 is 9.32 Å². The van der Waals surface area contributed by atoms with Crippen molar-refractivity contribution in [2.24, 2.45) is 0 Å². The third-order valence-electron chi connectivity index (χ3n) is 1.34. The zero-order valence-electron chi connectivity index (χ0n) is 7.45. The van der Waals surface area contributed by atoms with Crippen molar-refractivity contribution in [2.75, 3.05) is 14.1 Å². The van der Waals surface area contributed by atoms with Crippen LogP contribution in [0.3, 0.4) is 0 Å². The number of rotatable bonds is 3. The lowest BCUT2D eigenvalue weighted by molar-refractivity contribution is 0.101. The standard InChI is InChI=1S/C9H10BrNO2/c1-11(2)6-5-7(12)8-3-4-9(10)13-8/h3-6H,1-2H3/b6-5+. The van der Waals surface area contributed by atoms with Crippen LogP contribution in [0.25, 0.3) is 0 Å². The maximum absolute atomic E-state index is 11.3. The van der Waals surface area contributed by atoms with Gasteiger partial charge >= 0.3 is 0 Å². The maximum atomic E-state index is 11.3. The van der Waals surface area contributed by atoms with Gasteiger partial charge in [0.15, 0.2) is 10.4 Å². The van der Waals surface area contributed by atoms with Crippen LogP contribution >= 0.6 is 15.9 Å². The number of carbonyl (C=O) groups excluding carboxylic acids is 1. The SMILES string of the molecule is CN(C)/C=C/C(=O)c1ccc(Br)o1. The third-order valence-corrected chi connectivity index (χ3v) is 1.77. The Morgan fingerprint density at radius 2 is 2.23 bits per heavy atom. The smallest absolute Gasteiger partial charge is 0.222 e. The average Bonchev–Trinajstić information content (AvgIpc) is 2.47. The van der Waals surface area contributed by atoms with E-state index in [1.807, 2.05) is 14.1 Å². The molecule has 0 aliphatic carbocycles. The highest BCUT2D eigenvalue weighted by molar-refractivity contribution is 9.10. The van der Waals surface area contributed by atoms with E-state index in [9.17, 15) is 4.79 Å². The van der Waals surface area contributed by atoms with Crippen molar-refractivity contribution in [3.05, 3.63) is 34.8 Å². The summed E-state index contributed by atoms with van der Waals surface area (Å²) in [7, 11) is 3.70. The Morgan fingerprint density at radius 3 is 2.69 bits per heavy atom. The van der Waals surface area contributed by atoms with Gasteiger partial charge in [-0.05, 0) is 28.1 Å². The number of hydrogen-bond donors (Lipinski definition) is 0. The van der Waals surface area contributed by atoms with Crippen LogP contribution in [0.15, 0.2) is 33.5 Å². The first-order valence-electron chi connectivity index (χ1n) is 3.74. The van der Waals surface area contributed by atoms with Crippen LogP contribution < -0.4 is 0 Å². The number of carbonyl (C=O) groups is 1. The van der Waals surface area contributed by atoms with Crippen molar-refractivity contribution < 1.29 is 9.21 Å². The fraction of sp³-hybridized carbons (Fsp3) is 0.222. The van der Waals surface area contributed by atoms with Crippen molar-refractivity contribution in [1.82, 2.24) is 4.90 Å². The Balaban J connectivity index is 2.69. The van der Waals surface area contributed by atoms with E-state index in [4.69, 9.17) is 4.42 Å². The van der Waals surface area contributed by atoms with Gasteiger partial charge in [0.2, 0.25) is 5.78 Å². The van der Waals surface area contributed by atoms with E-state index >= 15 is 0 Å². The molecule has 0 radical (unpaired) electrons. The van der Waals surface area contributed by atoms with Gasteiger partial charge in [-0.15, -0.1) is 0 Å². The lowest BCUT2D eigenvalue weighted by Crippen LogP contribution is -2.02. The first-order valence-corrected chi connectivity index (χ1v) is 4.53. The fourth-order valence-electron chi connectivity index (χ4n) is 0.746. The van der Waals surface area contributed by atoms with Crippen LogP contribution in [0.2, 0.25) is 0 Å². The molecular formula is C9H10BrNO2. The van der Waals surface area contributed by atoms with Gasteiger partial charge in [-0.25, -0.2) is 0 Å². The Labute approximate surface area is 85.1 Å². The minimum absolute atomic E-state index is 0.139. The number of furan rings is 1. The second-order valence-corrected chi connectivity index (χ2v) is 3.53. The summed E-state index contributed by atoms with van der Waals surface area (Å²) in [6.45, 7) is 0. The third kappa shape index (κ3) is 3.06. The molecule has 0 aliphatic heterocycles. The monoisotopic (exact) mass is 243 g/mol. The minimum Gasteiger partial charge on any atom is -0.446 e. The minimum atomic E-state index is -0.139. The molecule has 0 saturated carbocycles. The topological polar surface area (TPSA) is 33.5 Å². The second kappa shape index (κ2) is 4.28. The molecule has 4 heteroatoms. The number of halogens is 1. The molecule has 70 valence electrons. The lowest BCUT2D eigenvalue weighted by atomic mass is 10.3. The summed E-state index contributed by atoms with van der Waals surface area (Å²) in [5.74, 6) is 0.198. The van der Waals surface area contributed by atoms with E-state index < -0.39 is 0 Å². The molecule has 0 aliphatic rings. The summed E-state index contributed by atoms with van der Waals surface area (Å²) in [4.78, 5) is 13.1. The zero-order valence-corrected chi connectivity index (χ0v) is 9.04. The van der Waals surface area contributed by atoms with Crippen LogP contribution in [-0.4, -0.2) is 24.8 Å². The molecule has 0 spiro atoms. The second-order valence-electron chi connectivity index (χ2n) is 2.75. The van der Waals surface area contributed by atoms with Crippen LogP contribution in [0.5, 0.6) is 0 Å². The summed E-state index contributed by atoms with van der Waals surface area (Å²) in [5.41, 5.74) is 0. The molecule has 0 saturated heterocycles. The highest BCUT2D eigenvalue weighted by Crippen LogP contribution is 2.14. The van der Waals surface area contributed by atoms with Gasteiger partial charge in [0, 0.05) is 26.4 Å². The summed E-state index contributed by atoms with van der Waals surface area (Å²) < 4.78 is 5.64. The average molecular weight is 244 g/mol. The van der Waals surface area contributed by atoms with Crippen LogP contribution in [-0.2, 0) is 0 Å². The van der Waals surface area contributed by atoms with Gasteiger partial charge in [0.25, 0.3) is 0 Å². The summed E-state index contributed by atoms with van der Waals surface area (Å²) in [6.07, 6.45) is 3.14. The van der Waals surface area contributed by atoms with Crippen molar-refractivity contribution in [1.29, 1.82) is 0 Å². The first kappa shape index (κ1) is 10.1. The highest BCUT2D eigenvalue weighted by atomic mass is 79.9. The van der Waals surface area contributed by atoms with Gasteiger partial charge in [0.1, 0.15) is 0 Å². The van der Waals surface area contributed by atoms with E-state index in [1.54, 1.807) is 23.2 Å². The molecule has 0 fully saturated rings.